The van der Waals surface area contributed by atoms with Gasteiger partial charge in [-0.2, -0.15) is 0 Å². The normalized spacial score (nSPS) is 37.0. The second-order valence-electron chi connectivity index (χ2n) is 7.60. The van der Waals surface area contributed by atoms with E-state index >= 15 is 0 Å². The lowest BCUT2D eigenvalue weighted by Gasteiger charge is -2.46. The number of Topliss-reactive ketones (excluding diaryl/α,β-unsaturated/α-hetero) is 1. The third kappa shape index (κ3) is 1.96. The van der Waals surface area contributed by atoms with Gasteiger partial charge in [0.05, 0.1) is 14.2 Å². The first-order valence-electron chi connectivity index (χ1n) is 9.13. The number of aromatic hydroxyl groups is 1. The van der Waals surface area contributed by atoms with Crippen LogP contribution in [0.15, 0.2) is 17.7 Å². The molecule has 0 saturated carbocycles. The first-order valence-corrected chi connectivity index (χ1v) is 9.13. The summed E-state index contributed by atoms with van der Waals surface area (Å²) in [5, 5.41) is 10.1. The molecule has 4 aliphatic heterocycles. The summed E-state index contributed by atoms with van der Waals surface area (Å²) in [6.45, 7) is 0.435. The summed E-state index contributed by atoms with van der Waals surface area (Å²) in [6, 6.07) is 3.22. The quantitative estimate of drug-likeness (QED) is 0.610. The van der Waals surface area contributed by atoms with Crippen LogP contribution < -0.4 is 9.47 Å². The molecule has 5 rings (SSSR count). The minimum atomic E-state index is -0.960. The molecular formula is C20H20O8. The van der Waals surface area contributed by atoms with Crippen molar-refractivity contribution in [2.24, 2.45) is 5.41 Å². The zero-order chi connectivity index (χ0) is 19.7. The Hall–Kier alpha value is -2.58. The lowest BCUT2D eigenvalue weighted by Crippen LogP contribution is -2.62. The van der Waals surface area contributed by atoms with Crippen LogP contribution >= 0.6 is 0 Å². The van der Waals surface area contributed by atoms with Crippen molar-refractivity contribution in [1.82, 2.24) is 0 Å². The minimum Gasteiger partial charge on any atom is -0.502 e. The van der Waals surface area contributed by atoms with E-state index in [9.17, 15) is 14.7 Å². The molecule has 4 atom stereocenters. The number of ether oxygens (including phenoxy) is 5. The van der Waals surface area contributed by atoms with Crippen LogP contribution in [-0.4, -0.2) is 62.1 Å². The van der Waals surface area contributed by atoms with E-state index in [1.807, 2.05) is 0 Å². The number of esters is 1. The van der Waals surface area contributed by atoms with Gasteiger partial charge in [0.1, 0.15) is 29.8 Å². The van der Waals surface area contributed by atoms with Crippen LogP contribution in [-0.2, 0) is 23.8 Å². The number of hydrogen-bond acceptors (Lipinski definition) is 8. The topological polar surface area (TPSA) is 101 Å². The van der Waals surface area contributed by atoms with Crippen LogP contribution in [0.5, 0.6) is 17.2 Å². The van der Waals surface area contributed by atoms with Gasteiger partial charge in [0.2, 0.25) is 5.75 Å². The summed E-state index contributed by atoms with van der Waals surface area (Å²) in [5.74, 6) is -0.155. The Morgan fingerprint density at radius 3 is 2.61 bits per heavy atom. The highest BCUT2D eigenvalue weighted by Crippen LogP contribution is 2.62. The lowest BCUT2D eigenvalue weighted by atomic mass is 9.67. The van der Waals surface area contributed by atoms with E-state index in [0.29, 0.717) is 30.6 Å². The van der Waals surface area contributed by atoms with Gasteiger partial charge < -0.3 is 28.8 Å². The molecule has 0 radical (unpaired) electrons. The largest absolute Gasteiger partial charge is 0.502 e. The molecule has 1 aromatic carbocycles. The second-order valence-corrected chi connectivity index (χ2v) is 7.60. The molecule has 0 aromatic heterocycles. The van der Waals surface area contributed by atoms with Gasteiger partial charge in [-0.15, -0.1) is 0 Å². The van der Waals surface area contributed by atoms with Gasteiger partial charge in [0.15, 0.2) is 17.3 Å². The maximum absolute atomic E-state index is 13.1. The molecule has 1 aromatic rings. The fourth-order valence-electron chi connectivity index (χ4n) is 5.05. The van der Waals surface area contributed by atoms with Crippen molar-refractivity contribution in [2.45, 2.75) is 30.7 Å². The van der Waals surface area contributed by atoms with E-state index in [1.54, 1.807) is 18.2 Å². The van der Waals surface area contributed by atoms with E-state index in [-0.39, 0.29) is 35.6 Å². The van der Waals surface area contributed by atoms with Crippen LogP contribution in [0.2, 0.25) is 0 Å². The second kappa shape index (κ2) is 5.71. The Balaban J connectivity index is 1.64. The Morgan fingerprint density at radius 1 is 1.21 bits per heavy atom. The molecule has 0 unspecified atom stereocenters. The van der Waals surface area contributed by atoms with E-state index in [2.05, 4.69) is 0 Å². The standard InChI is InChI=1S/C20H20O8/c1-24-12-6-10(7-13(25-2)16(12)22)5-11-15(21)14-8-19-3-4-26-17(11)20(19,28-14)9-27-18(19)23/h5-7,14,17,22H,3-4,8-9H2,1-2H3/b11-5-/t14-,17+,19+,20-/m1/s1. The number of fused-ring (bicyclic) bond motifs is 1. The summed E-state index contributed by atoms with van der Waals surface area (Å²) in [7, 11) is 2.87. The van der Waals surface area contributed by atoms with Crippen LogP contribution in [0.25, 0.3) is 6.08 Å². The van der Waals surface area contributed by atoms with Crippen LogP contribution in [0.1, 0.15) is 18.4 Å². The number of cyclic esters (lactones) is 1. The van der Waals surface area contributed by atoms with Crippen molar-refractivity contribution in [3.05, 3.63) is 23.3 Å². The highest BCUT2D eigenvalue weighted by atomic mass is 16.6. The summed E-state index contributed by atoms with van der Waals surface area (Å²) in [6.07, 6.45) is 1.13. The number of methoxy groups -OCH3 is 2. The van der Waals surface area contributed by atoms with Crippen LogP contribution in [0.3, 0.4) is 0 Å². The highest BCUT2D eigenvalue weighted by molar-refractivity contribution is 6.06. The molecule has 4 fully saturated rings. The minimum absolute atomic E-state index is 0.0832. The van der Waals surface area contributed by atoms with E-state index < -0.39 is 23.2 Å². The molecule has 1 spiro atoms. The monoisotopic (exact) mass is 388 g/mol. The molecule has 4 aliphatic rings. The van der Waals surface area contributed by atoms with Gasteiger partial charge in [0.25, 0.3) is 0 Å². The number of carbonyl (C=O) groups excluding carboxylic acids is 2. The average molecular weight is 388 g/mol. The Bertz CT molecular complexity index is 896. The molecule has 4 heterocycles. The summed E-state index contributed by atoms with van der Waals surface area (Å²) >= 11 is 0. The number of phenols is 1. The number of rotatable bonds is 3. The fraction of sp³-hybridized carbons (Fsp3) is 0.500. The molecule has 4 saturated heterocycles. The first kappa shape index (κ1) is 17.5. The van der Waals surface area contributed by atoms with Crippen LogP contribution in [0, 0.1) is 5.41 Å². The summed E-state index contributed by atoms with van der Waals surface area (Å²) in [5.41, 5.74) is -0.739. The number of benzene rings is 1. The van der Waals surface area contributed by atoms with Gasteiger partial charge in [-0.25, -0.2) is 0 Å². The number of phenolic OH excluding ortho intramolecular Hbond substituents is 1. The molecule has 8 heteroatoms. The maximum atomic E-state index is 13.1. The summed E-state index contributed by atoms with van der Waals surface area (Å²) in [4.78, 5) is 25.7. The molecular weight excluding hydrogens is 368 g/mol. The predicted molar refractivity (Wildman–Crippen MR) is 94.2 cm³/mol. The molecule has 28 heavy (non-hydrogen) atoms. The predicted octanol–water partition coefficient (Wildman–Crippen LogP) is 1.24. The number of ketones is 1. The molecule has 148 valence electrons. The SMILES string of the molecule is COc1cc(/C=C2/C(=O)[C@H]3C[C@]45CCO[C@@H]2[C@@]4(COC5=O)O3)cc(OC)c1O. The third-order valence-electron chi connectivity index (χ3n) is 6.43. The lowest BCUT2D eigenvalue weighted by molar-refractivity contribution is -0.197. The molecule has 0 aliphatic carbocycles. The highest BCUT2D eigenvalue weighted by Gasteiger charge is 2.77. The first-order chi connectivity index (χ1) is 13.5. The van der Waals surface area contributed by atoms with E-state index in [1.165, 1.54) is 14.2 Å². The Morgan fingerprint density at radius 2 is 1.93 bits per heavy atom. The smallest absolute Gasteiger partial charge is 0.315 e. The number of hydrogen-bond donors (Lipinski definition) is 1. The van der Waals surface area contributed by atoms with Gasteiger partial charge in [-0.05, 0) is 30.2 Å². The van der Waals surface area contributed by atoms with E-state index in [4.69, 9.17) is 23.7 Å². The van der Waals surface area contributed by atoms with Crippen molar-refractivity contribution in [3.8, 4) is 17.2 Å². The Kier molecular flexibility index (Phi) is 3.57. The van der Waals surface area contributed by atoms with Gasteiger partial charge in [0, 0.05) is 18.6 Å². The zero-order valence-corrected chi connectivity index (χ0v) is 15.5. The number of carbonyl (C=O) groups is 2. The fourth-order valence-corrected chi connectivity index (χ4v) is 5.05. The average Bonchev–Trinajstić information content (AvgIpc) is 3.19. The van der Waals surface area contributed by atoms with Crippen molar-refractivity contribution < 1.29 is 38.4 Å². The molecule has 2 bridgehead atoms. The zero-order valence-electron chi connectivity index (χ0n) is 15.5. The molecule has 0 amide bonds. The van der Waals surface area contributed by atoms with Crippen molar-refractivity contribution in [3.63, 3.8) is 0 Å². The van der Waals surface area contributed by atoms with E-state index in [0.717, 1.165) is 0 Å². The van der Waals surface area contributed by atoms with Crippen molar-refractivity contribution in [2.75, 3.05) is 27.4 Å². The van der Waals surface area contributed by atoms with Gasteiger partial charge in [-0.3, -0.25) is 9.59 Å². The third-order valence-corrected chi connectivity index (χ3v) is 6.43. The van der Waals surface area contributed by atoms with Gasteiger partial charge >= 0.3 is 5.97 Å². The Labute approximate surface area is 161 Å². The molecule has 1 N–H and O–H groups in total. The van der Waals surface area contributed by atoms with Crippen molar-refractivity contribution in [1.29, 1.82) is 0 Å². The summed E-state index contributed by atoms with van der Waals surface area (Å²) < 4.78 is 27.8. The molecule has 8 nitrogen and oxygen atoms in total. The maximum Gasteiger partial charge on any atom is 0.315 e. The van der Waals surface area contributed by atoms with Crippen LogP contribution in [0.4, 0.5) is 0 Å². The van der Waals surface area contributed by atoms with Crippen molar-refractivity contribution >= 4 is 17.8 Å². The van der Waals surface area contributed by atoms with Gasteiger partial charge in [-0.1, -0.05) is 0 Å².